The van der Waals surface area contributed by atoms with Crippen molar-refractivity contribution in [2.75, 3.05) is 7.11 Å². The fraction of sp³-hybridized carbons (Fsp3) is 0.143. The lowest BCUT2D eigenvalue weighted by Crippen LogP contribution is -2.29. The van der Waals surface area contributed by atoms with Crippen LogP contribution in [0.5, 0.6) is 5.75 Å². The molecule has 0 aliphatic carbocycles. The van der Waals surface area contributed by atoms with Crippen molar-refractivity contribution < 1.29 is 13.9 Å². The van der Waals surface area contributed by atoms with Gasteiger partial charge in [0, 0.05) is 25.5 Å². The molecule has 0 aliphatic rings. The van der Waals surface area contributed by atoms with E-state index in [1.165, 1.54) is 18.2 Å². The zero-order chi connectivity index (χ0) is 19.2. The summed E-state index contributed by atoms with van der Waals surface area (Å²) in [5, 5.41) is 2.97. The molecule has 138 valence electrons. The summed E-state index contributed by atoms with van der Waals surface area (Å²) in [5.74, 6) is 0.859. The Morgan fingerprint density at radius 3 is 2.48 bits per heavy atom. The molecule has 1 amide bonds. The monoisotopic (exact) mass is 365 g/mol. The van der Waals surface area contributed by atoms with Gasteiger partial charge in [-0.05, 0) is 41.5 Å². The average Bonchev–Trinajstić information content (AvgIpc) is 3.11. The van der Waals surface area contributed by atoms with Crippen LogP contribution < -0.4 is 10.1 Å². The molecular weight excluding hydrogens is 345 g/mol. The second kappa shape index (κ2) is 8.31. The van der Waals surface area contributed by atoms with Crippen LogP contribution in [0, 0.1) is 5.82 Å². The number of methoxy groups -OCH3 is 1. The van der Waals surface area contributed by atoms with Crippen LogP contribution in [0.2, 0.25) is 0 Å². The van der Waals surface area contributed by atoms with Gasteiger partial charge in [0.05, 0.1) is 7.11 Å². The van der Waals surface area contributed by atoms with Crippen LogP contribution in [0.1, 0.15) is 23.0 Å². The van der Waals surface area contributed by atoms with E-state index >= 15 is 0 Å². The number of amides is 1. The summed E-state index contributed by atoms with van der Waals surface area (Å²) in [5.41, 5.74) is 1.62. The van der Waals surface area contributed by atoms with Gasteiger partial charge in [-0.3, -0.25) is 4.79 Å². The molecule has 1 atom stereocenters. The highest BCUT2D eigenvalue weighted by Crippen LogP contribution is 2.23. The third-order valence-electron chi connectivity index (χ3n) is 4.15. The zero-order valence-electron chi connectivity index (χ0n) is 15.1. The van der Waals surface area contributed by atoms with Crippen LogP contribution in [-0.2, 0) is 11.8 Å². The third kappa shape index (κ3) is 4.61. The van der Waals surface area contributed by atoms with E-state index in [0.29, 0.717) is 5.82 Å². The standard InChI is InChI=1S/C21H20FN3O2/c1-25-14-13-23-21(25)20(16-6-10-18(27-2)11-7-16)24-19(26)12-5-15-3-8-17(22)9-4-15/h3-14,20H,1-2H3,(H,24,26)/b12-5+/t20-/m0/s1. The van der Waals surface area contributed by atoms with Gasteiger partial charge in [0.25, 0.3) is 0 Å². The molecule has 1 N–H and O–H groups in total. The Labute approximate surface area is 157 Å². The molecule has 0 fully saturated rings. The van der Waals surface area contributed by atoms with Gasteiger partial charge in [-0.15, -0.1) is 0 Å². The number of aromatic nitrogens is 2. The Morgan fingerprint density at radius 1 is 1.19 bits per heavy atom. The molecule has 0 aliphatic heterocycles. The number of hydrogen-bond acceptors (Lipinski definition) is 3. The molecule has 1 heterocycles. The first-order valence-electron chi connectivity index (χ1n) is 8.42. The summed E-state index contributed by atoms with van der Waals surface area (Å²) in [7, 11) is 3.48. The summed E-state index contributed by atoms with van der Waals surface area (Å²) in [4.78, 5) is 16.8. The molecule has 2 aromatic carbocycles. The predicted molar refractivity (Wildman–Crippen MR) is 102 cm³/mol. The fourth-order valence-electron chi connectivity index (χ4n) is 2.68. The molecule has 1 aromatic heterocycles. The number of hydrogen-bond donors (Lipinski definition) is 1. The minimum atomic E-state index is -0.415. The number of rotatable bonds is 6. The van der Waals surface area contributed by atoms with Crippen LogP contribution in [0.4, 0.5) is 4.39 Å². The van der Waals surface area contributed by atoms with Crippen molar-refractivity contribution in [3.8, 4) is 5.75 Å². The van der Waals surface area contributed by atoms with Gasteiger partial charge < -0.3 is 14.6 Å². The summed E-state index contributed by atoms with van der Waals surface area (Å²) < 4.78 is 20.0. The smallest absolute Gasteiger partial charge is 0.244 e. The van der Waals surface area contributed by atoms with E-state index in [9.17, 15) is 9.18 Å². The number of nitrogens with zero attached hydrogens (tertiary/aromatic N) is 2. The van der Waals surface area contributed by atoms with Crippen molar-refractivity contribution in [3.63, 3.8) is 0 Å². The van der Waals surface area contributed by atoms with Crippen LogP contribution in [-0.4, -0.2) is 22.6 Å². The lowest BCUT2D eigenvalue weighted by molar-refractivity contribution is -0.117. The largest absolute Gasteiger partial charge is 0.497 e. The minimum absolute atomic E-state index is 0.275. The Hall–Kier alpha value is -3.41. The molecule has 0 radical (unpaired) electrons. The lowest BCUT2D eigenvalue weighted by atomic mass is 10.1. The summed E-state index contributed by atoms with van der Waals surface area (Å²) in [6, 6.07) is 13.0. The highest BCUT2D eigenvalue weighted by atomic mass is 19.1. The van der Waals surface area contributed by atoms with Gasteiger partial charge in [-0.25, -0.2) is 9.37 Å². The second-order valence-corrected chi connectivity index (χ2v) is 6.00. The van der Waals surface area contributed by atoms with Crippen molar-refractivity contribution in [2.24, 2.45) is 7.05 Å². The molecule has 6 heteroatoms. The van der Waals surface area contributed by atoms with Gasteiger partial charge in [-0.2, -0.15) is 0 Å². The summed E-state index contributed by atoms with van der Waals surface area (Å²) >= 11 is 0. The van der Waals surface area contributed by atoms with Gasteiger partial charge >= 0.3 is 0 Å². The zero-order valence-corrected chi connectivity index (χ0v) is 15.1. The summed E-state index contributed by atoms with van der Waals surface area (Å²) in [6.07, 6.45) is 6.57. The molecular formula is C21H20FN3O2. The molecule has 0 unspecified atom stereocenters. The number of nitrogens with one attached hydrogen (secondary N) is 1. The van der Waals surface area contributed by atoms with Crippen LogP contribution in [0.15, 0.2) is 67.0 Å². The number of carbonyl (C=O) groups is 1. The number of imidazole rings is 1. The number of aryl methyl sites for hydroxylation is 1. The molecule has 5 nitrogen and oxygen atoms in total. The first-order valence-corrected chi connectivity index (χ1v) is 8.42. The Balaban J connectivity index is 1.81. The van der Waals surface area contributed by atoms with Crippen LogP contribution in [0.25, 0.3) is 6.08 Å². The maximum atomic E-state index is 13.0. The van der Waals surface area contributed by atoms with Crippen molar-refractivity contribution in [1.29, 1.82) is 0 Å². The van der Waals surface area contributed by atoms with E-state index in [4.69, 9.17) is 4.74 Å². The van der Waals surface area contributed by atoms with Crippen molar-refractivity contribution in [1.82, 2.24) is 14.9 Å². The predicted octanol–water partition coefficient (Wildman–Crippen LogP) is 3.49. The van der Waals surface area contributed by atoms with Crippen LogP contribution in [0.3, 0.4) is 0 Å². The molecule has 3 aromatic rings. The normalized spacial score (nSPS) is 12.1. The average molecular weight is 365 g/mol. The molecule has 0 bridgehead atoms. The van der Waals surface area contributed by atoms with E-state index < -0.39 is 6.04 Å². The highest BCUT2D eigenvalue weighted by molar-refractivity contribution is 5.92. The molecule has 0 saturated carbocycles. The topological polar surface area (TPSA) is 56.1 Å². The maximum Gasteiger partial charge on any atom is 0.244 e. The van der Waals surface area contributed by atoms with Crippen molar-refractivity contribution >= 4 is 12.0 Å². The SMILES string of the molecule is COc1ccc([C@H](NC(=O)/C=C/c2ccc(F)cc2)c2nccn2C)cc1. The van der Waals surface area contributed by atoms with Crippen LogP contribution >= 0.6 is 0 Å². The Morgan fingerprint density at radius 2 is 1.89 bits per heavy atom. The Kier molecular flexibility index (Phi) is 5.66. The van der Waals surface area contributed by atoms with E-state index in [-0.39, 0.29) is 11.7 Å². The quantitative estimate of drug-likeness (QED) is 0.681. The molecule has 0 saturated heterocycles. The van der Waals surface area contributed by atoms with E-state index in [1.807, 2.05) is 42.1 Å². The van der Waals surface area contributed by atoms with Crippen molar-refractivity contribution in [2.45, 2.75) is 6.04 Å². The van der Waals surface area contributed by atoms with Gasteiger partial charge in [-0.1, -0.05) is 24.3 Å². The fourth-order valence-corrected chi connectivity index (χ4v) is 2.68. The summed E-state index contributed by atoms with van der Waals surface area (Å²) in [6.45, 7) is 0. The maximum absolute atomic E-state index is 13.0. The van der Waals surface area contributed by atoms with E-state index in [0.717, 1.165) is 16.9 Å². The molecule has 27 heavy (non-hydrogen) atoms. The lowest BCUT2D eigenvalue weighted by Gasteiger charge is -2.18. The van der Waals surface area contributed by atoms with Gasteiger partial charge in [0.1, 0.15) is 23.4 Å². The first kappa shape index (κ1) is 18.4. The first-order chi connectivity index (χ1) is 13.1. The van der Waals surface area contributed by atoms with Gasteiger partial charge in [0.2, 0.25) is 5.91 Å². The van der Waals surface area contributed by atoms with E-state index in [2.05, 4.69) is 10.3 Å². The van der Waals surface area contributed by atoms with E-state index in [1.54, 1.807) is 31.5 Å². The highest BCUT2D eigenvalue weighted by Gasteiger charge is 2.19. The third-order valence-corrected chi connectivity index (χ3v) is 4.15. The number of halogens is 1. The minimum Gasteiger partial charge on any atom is -0.497 e. The molecule has 3 rings (SSSR count). The number of benzene rings is 2. The second-order valence-electron chi connectivity index (χ2n) is 6.00. The van der Waals surface area contributed by atoms with Gasteiger partial charge in [0.15, 0.2) is 0 Å². The molecule has 0 spiro atoms. The Bertz CT molecular complexity index is 931. The number of carbonyl (C=O) groups excluding carboxylic acids is 1. The van der Waals surface area contributed by atoms with Crippen molar-refractivity contribution in [3.05, 3.63) is 89.8 Å². The number of ether oxygens (including phenoxy) is 1.